The number of primary amides is 1. The number of unbranched alkanes of at least 4 members (excludes halogenated alkanes) is 1. The smallest absolute Gasteiger partial charge is 0.339 e. The maximum atomic E-state index is 12.2. The van der Waals surface area contributed by atoms with Gasteiger partial charge in [-0.25, -0.2) is 9.59 Å². The second-order valence-corrected chi connectivity index (χ2v) is 5.50. The number of imide groups is 1. The Morgan fingerprint density at radius 2 is 2.00 bits per heavy atom. The van der Waals surface area contributed by atoms with Gasteiger partial charge in [-0.1, -0.05) is 24.9 Å². The Hall–Kier alpha value is -2.48. The standard InChI is InChI=1S/C16H21ClN2O6/c1-4-5-6-24-13-11(17)7-10(8-12(13)23-3)15(21)25-9(2)14(20)19-16(18)22/h7-9H,4-6H2,1-3H3,(H3,18,19,20,22)/t9-/m0/s1. The lowest BCUT2D eigenvalue weighted by Crippen LogP contribution is -2.42. The summed E-state index contributed by atoms with van der Waals surface area (Å²) in [5.41, 5.74) is 4.91. The van der Waals surface area contributed by atoms with Gasteiger partial charge in [-0.3, -0.25) is 10.1 Å². The second-order valence-electron chi connectivity index (χ2n) is 5.09. The van der Waals surface area contributed by atoms with Crippen LogP contribution in [0.5, 0.6) is 11.5 Å². The van der Waals surface area contributed by atoms with Crippen LogP contribution in [0.25, 0.3) is 0 Å². The van der Waals surface area contributed by atoms with Gasteiger partial charge in [0.25, 0.3) is 5.91 Å². The molecule has 0 aromatic heterocycles. The SMILES string of the molecule is CCCCOc1c(Cl)cc(C(=O)O[C@@H](C)C(=O)NC(N)=O)cc1OC. The number of nitrogens with one attached hydrogen (secondary N) is 1. The number of ether oxygens (including phenoxy) is 3. The van der Waals surface area contributed by atoms with Crippen LogP contribution in [0.2, 0.25) is 5.02 Å². The number of amides is 3. The van der Waals surface area contributed by atoms with Gasteiger partial charge in [0.15, 0.2) is 17.6 Å². The van der Waals surface area contributed by atoms with Gasteiger partial charge >= 0.3 is 12.0 Å². The molecule has 0 bridgehead atoms. The lowest BCUT2D eigenvalue weighted by molar-refractivity contribution is -0.127. The number of carbonyl (C=O) groups is 3. The Labute approximate surface area is 150 Å². The third-order valence-corrected chi connectivity index (χ3v) is 3.39. The Balaban J connectivity index is 2.90. The zero-order chi connectivity index (χ0) is 19.0. The molecule has 3 N–H and O–H groups in total. The number of hydrogen-bond donors (Lipinski definition) is 2. The van der Waals surface area contributed by atoms with Gasteiger partial charge in [0.1, 0.15) is 0 Å². The van der Waals surface area contributed by atoms with E-state index in [-0.39, 0.29) is 16.3 Å². The molecule has 0 heterocycles. The largest absolute Gasteiger partial charge is 0.493 e. The Morgan fingerprint density at radius 3 is 2.56 bits per heavy atom. The molecule has 1 atom stereocenters. The monoisotopic (exact) mass is 372 g/mol. The summed E-state index contributed by atoms with van der Waals surface area (Å²) in [7, 11) is 1.41. The lowest BCUT2D eigenvalue weighted by Gasteiger charge is -2.15. The molecule has 1 aromatic carbocycles. The molecule has 138 valence electrons. The Bertz CT molecular complexity index is 650. The number of hydrogen-bond acceptors (Lipinski definition) is 6. The molecule has 0 aliphatic rings. The number of methoxy groups -OCH3 is 1. The maximum absolute atomic E-state index is 12.2. The third-order valence-electron chi connectivity index (χ3n) is 3.11. The first-order valence-corrected chi connectivity index (χ1v) is 7.99. The minimum Gasteiger partial charge on any atom is -0.493 e. The molecular formula is C16H21ClN2O6. The molecule has 0 unspecified atom stereocenters. The van der Waals surface area contributed by atoms with Crippen molar-refractivity contribution in [2.45, 2.75) is 32.8 Å². The summed E-state index contributed by atoms with van der Waals surface area (Å²) >= 11 is 6.15. The van der Waals surface area contributed by atoms with Crippen molar-refractivity contribution in [3.8, 4) is 11.5 Å². The summed E-state index contributed by atoms with van der Waals surface area (Å²) < 4.78 is 15.7. The van der Waals surface area contributed by atoms with E-state index in [0.29, 0.717) is 12.4 Å². The third kappa shape index (κ3) is 6.15. The summed E-state index contributed by atoms with van der Waals surface area (Å²) in [6.07, 6.45) is 0.580. The van der Waals surface area contributed by atoms with Crippen LogP contribution < -0.4 is 20.5 Å². The van der Waals surface area contributed by atoms with Gasteiger partial charge in [0.2, 0.25) is 0 Å². The molecule has 0 radical (unpaired) electrons. The van der Waals surface area contributed by atoms with Crippen molar-refractivity contribution in [1.29, 1.82) is 0 Å². The number of carbonyl (C=O) groups excluding carboxylic acids is 3. The van der Waals surface area contributed by atoms with E-state index in [2.05, 4.69) is 0 Å². The van der Waals surface area contributed by atoms with Crippen LogP contribution in [-0.4, -0.2) is 37.7 Å². The lowest BCUT2D eigenvalue weighted by atomic mass is 10.2. The quantitative estimate of drug-likeness (QED) is 0.534. The molecule has 1 rings (SSSR count). The minimum absolute atomic E-state index is 0.0726. The first-order chi connectivity index (χ1) is 11.8. The van der Waals surface area contributed by atoms with Crippen LogP contribution in [-0.2, 0) is 9.53 Å². The fraction of sp³-hybridized carbons (Fsp3) is 0.438. The summed E-state index contributed by atoms with van der Waals surface area (Å²) in [6.45, 7) is 3.79. The molecule has 0 aliphatic heterocycles. The summed E-state index contributed by atoms with van der Waals surface area (Å²) in [5.74, 6) is -1.05. The first-order valence-electron chi connectivity index (χ1n) is 7.61. The molecule has 0 saturated heterocycles. The Morgan fingerprint density at radius 1 is 1.32 bits per heavy atom. The summed E-state index contributed by atoms with van der Waals surface area (Å²) in [4.78, 5) is 34.4. The van der Waals surface area contributed by atoms with E-state index in [4.69, 9.17) is 31.5 Å². The molecular weight excluding hydrogens is 352 g/mol. The van der Waals surface area contributed by atoms with Crippen molar-refractivity contribution in [3.05, 3.63) is 22.7 Å². The normalized spacial score (nSPS) is 11.4. The highest BCUT2D eigenvalue weighted by molar-refractivity contribution is 6.32. The van der Waals surface area contributed by atoms with Crippen LogP contribution in [0.4, 0.5) is 4.79 Å². The highest BCUT2D eigenvalue weighted by atomic mass is 35.5. The molecule has 9 heteroatoms. The predicted octanol–water partition coefficient (Wildman–Crippen LogP) is 2.27. The van der Waals surface area contributed by atoms with E-state index < -0.39 is 24.0 Å². The van der Waals surface area contributed by atoms with Gasteiger partial charge < -0.3 is 19.9 Å². The topological polar surface area (TPSA) is 117 Å². The number of rotatable bonds is 8. The molecule has 3 amide bonds. The minimum atomic E-state index is -1.22. The average Bonchev–Trinajstić information content (AvgIpc) is 2.55. The summed E-state index contributed by atoms with van der Waals surface area (Å²) in [6, 6.07) is 1.71. The second kappa shape index (κ2) is 9.73. The molecule has 25 heavy (non-hydrogen) atoms. The van der Waals surface area contributed by atoms with Crippen LogP contribution >= 0.6 is 11.6 Å². The number of benzene rings is 1. The van der Waals surface area contributed by atoms with Crippen molar-refractivity contribution in [3.63, 3.8) is 0 Å². The van der Waals surface area contributed by atoms with Crippen molar-refractivity contribution in [1.82, 2.24) is 5.32 Å². The highest BCUT2D eigenvalue weighted by Gasteiger charge is 2.22. The average molecular weight is 373 g/mol. The van der Waals surface area contributed by atoms with Crippen molar-refractivity contribution in [2.75, 3.05) is 13.7 Å². The van der Waals surface area contributed by atoms with E-state index in [9.17, 15) is 14.4 Å². The zero-order valence-electron chi connectivity index (χ0n) is 14.3. The summed E-state index contributed by atoms with van der Waals surface area (Å²) in [5, 5.41) is 2.00. The first kappa shape index (κ1) is 20.6. The van der Waals surface area contributed by atoms with Gasteiger partial charge in [-0.15, -0.1) is 0 Å². The molecule has 0 saturated carbocycles. The fourth-order valence-corrected chi connectivity index (χ4v) is 2.07. The zero-order valence-corrected chi connectivity index (χ0v) is 15.0. The number of urea groups is 1. The van der Waals surface area contributed by atoms with E-state index in [0.717, 1.165) is 12.8 Å². The number of halogens is 1. The predicted molar refractivity (Wildman–Crippen MR) is 91.0 cm³/mol. The van der Waals surface area contributed by atoms with Crippen LogP contribution in [0.3, 0.4) is 0 Å². The van der Waals surface area contributed by atoms with E-state index >= 15 is 0 Å². The van der Waals surface area contributed by atoms with E-state index in [1.165, 1.54) is 26.2 Å². The van der Waals surface area contributed by atoms with Crippen LogP contribution in [0, 0.1) is 0 Å². The van der Waals surface area contributed by atoms with Crippen molar-refractivity contribution < 1.29 is 28.6 Å². The highest BCUT2D eigenvalue weighted by Crippen LogP contribution is 2.36. The van der Waals surface area contributed by atoms with E-state index in [1.54, 1.807) is 0 Å². The van der Waals surface area contributed by atoms with Crippen molar-refractivity contribution >= 4 is 29.5 Å². The molecule has 0 aliphatic carbocycles. The van der Waals surface area contributed by atoms with Gasteiger partial charge in [0, 0.05) is 0 Å². The Kier molecular flexibility index (Phi) is 8.00. The van der Waals surface area contributed by atoms with Gasteiger partial charge in [-0.05, 0) is 25.5 Å². The van der Waals surface area contributed by atoms with Crippen LogP contribution in [0.1, 0.15) is 37.0 Å². The van der Waals surface area contributed by atoms with Crippen LogP contribution in [0.15, 0.2) is 12.1 Å². The number of nitrogens with two attached hydrogens (primary N) is 1. The fourth-order valence-electron chi connectivity index (χ4n) is 1.80. The maximum Gasteiger partial charge on any atom is 0.339 e. The number of esters is 1. The van der Waals surface area contributed by atoms with Crippen molar-refractivity contribution in [2.24, 2.45) is 5.73 Å². The van der Waals surface area contributed by atoms with Gasteiger partial charge in [0.05, 0.1) is 24.3 Å². The molecule has 0 fully saturated rings. The molecule has 1 aromatic rings. The van der Waals surface area contributed by atoms with Gasteiger partial charge in [-0.2, -0.15) is 0 Å². The molecule has 8 nitrogen and oxygen atoms in total. The molecule has 0 spiro atoms. The van der Waals surface area contributed by atoms with E-state index in [1.807, 2.05) is 12.2 Å².